The van der Waals surface area contributed by atoms with Gasteiger partial charge < -0.3 is 9.47 Å². The fourth-order valence-electron chi connectivity index (χ4n) is 4.52. The van der Waals surface area contributed by atoms with Gasteiger partial charge in [-0.2, -0.15) is 0 Å². The van der Waals surface area contributed by atoms with Gasteiger partial charge in [0.1, 0.15) is 12.7 Å². The summed E-state index contributed by atoms with van der Waals surface area (Å²) in [5.41, 5.74) is 2.00. The Bertz CT molecular complexity index is 668. The smallest absolute Gasteiger partial charge is 0.332 e. The fourth-order valence-corrected chi connectivity index (χ4v) is 4.52. The van der Waals surface area contributed by atoms with E-state index in [-0.39, 0.29) is 30.2 Å². The number of carbonyl (C=O) groups excluding carboxylic acids is 1. The molecule has 31 heavy (non-hydrogen) atoms. The minimum absolute atomic E-state index is 0.0195. The normalized spacial score (nSPS) is 23.9. The molecule has 0 aromatic carbocycles. The minimum atomic E-state index is -0.260. The van der Waals surface area contributed by atoms with E-state index in [1.165, 1.54) is 24.8 Å². The molecule has 3 nitrogen and oxygen atoms in total. The van der Waals surface area contributed by atoms with Gasteiger partial charge in [-0.15, -0.1) is 0 Å². The van der Waals surface area contributed by atoms with Crippen LogP contribution in [0, 0.1) is 22.7 Å². The molecular formula is C28H46O3. The van der Waals surface area contributed by atoms with Crippen molar-refractivity contribution in [2.45, 2.75) is 106 Å². The molecule has 3 heteroatoms. The first-order chi connectivity index (χ1) is 14.6. The van der Waals surface area contributed by atoms with Crippen molar-refractivity contribution in [2.24, 2.45) is 22.7 Å². The third-order valence-electron chi connectivity index (χ3n) is 7.69. The Morgan fingerprint density at radius 1 is 1.16 bits per heavy atom. The van der Waals surface area contributed by atoms with Crippen molar-refractivity contribution < 1.29 is 14.3 Å². The van der Waals surface area contributed by atoms with E-state index in [4.69, 9.17) is 9.47 Å². The Balaban J connectivity index is 1.88. The van der Waals surface area contributed by atoms with Gasteiger partial charge in [-0.05, 0) is 61.3 Å². The second-order valence-electron chi connectivity index (χ2n) is 11.0. The third-order valence-corrected chi connectivity index (χ3v) is 7.69. The standard InChI is InChI=1S/C28H46O3/c1-8-27(4,5)19-25(28(6,7)9-2)23-15-17-24(18-16-23)30-20-26(29)31-21(3)22-13-11-10-12-14-22/h11,13,15-17,21-22,24-25H,8-10,12,14,18-20H2,1-7H3. The summed E-state index contributed by atoms with van der Waals surface area (Å²) < 4.78 is 11.5. The molecule has 0 amide bonds. The lowest BCUT2D eigenvalue weighted by Gasteiger charge is -2.40. The van der Waals surface area contributed by atoms with Crippen LogP contribution in [-0.4, -0.2) is 24.8 Å². The first-order valence-corrected chi connectivity index (χ1v) is 12.4. The molecule has 4 unspecified atom stereocenters. The molecule has 2 rings (SSSR count). The van der Waals surface area contributed by atoms with Crippen LogP contribution < -0.4 is 0 Å². The zero-order valence-corrected chi connectivity index (χ0v) is 21.1. The summed E-state index contributed by atoms with van der Waals surface area (Å²) in [7, 11) is 0. The van der Waals surface area contributed by atoms with E-state index in [2.05, 4.69) is 71.9 Å². The fraction of sp³-hybridized carbons (Fsp3) is 0.750. The highest BCUT2D eigenvalue weighted by atomic mass is 16.6. The predicted octanol–water partition coefficient (Wildman–Crippen LogP) is 7.42. The van der Waals surface area contributed by atoms with Gasteiger partial charge in [-0.1, -0.05) is 84.8 Å². The molecule has 0 aliphatic heterocycles. The van der Waals surface area contributed by atoms with Crippen molar-refractivity contribution in [3.63, 3.8) is 0 Å². The maximum absolute atomic E-state index is 12.3. The number of carbonyl (C=O) groups is 1. The van der Waals surface area contributed by atoms with Crippen LogP contribution in [-0.2, 0) is 14.3 Å². The quantitative estimate of drug-likeness (QED) is 0.253. The second-order valence-corrected chi connectivity index (χ2v) is 11.0. The van der Waals surface area contributed by atoms with Crippen molar-refractivity contribution in [2.75, 3.05) is 6.61 Å². The highest BCUT2D eigenvalue weighted by Crippen LogP contribution is 2.45. The lowest BCUT2D eigenvalue weighted by atomic mass is 9.65. The number of esters is 1. The van der Waals surface area contributed by atoms with E-state index in [0.29, 0.717) is 17.3 Å². The summed E-state index contributed by atoms with van der Waals surface area (Å²) in [6.07, 6.45) is 18.7. The van der Waals surface area contributed by atoms with Crippen LogP contribution in [0.3, 0.4) is 0 Å². The zero-order valence-electron chi connectivity index (χ0n) is 21.1. The average molecular weight is 431 g/mol. The van der Waals surface area contributed by atoms with Crippen molar-refractivity contribution >= 4 is 5.97 Å². The van der Waals surface area contributed by atoms with Gasteiger partial charge in [-0.3, -0.25) is 0 Å². The molecule has 0 saturated carbocycles. The number of hydrogen-bond acceptors (Lipinski definition) is 3. The minimum Gasteiger partial charge on any atom is -0.460 e. The topological polar surface area (TPSA) is 35.5 Å². The molecule has 0 bridgehead atoms. The highest BCUT2D eigenvalue weighted by molar-refractivity contribution is 5.71. The molecule has 0 heterocycles. The first kappa shape index (κ1) is 25.9. The molecular weight excluding hydrogens is 384 g/mol. The molecule has 2 aliphatic carbocycles. The van der Waals surface area contributed by atoms with E-state index < -0.39 is 0 Å². The maximum atomic E-state index is 12.3. The Labute approximate surface area is 191 Å². The molecule has 0 fully saturated rings. The van der Waals surface area contributed by atoms with Crippen LogP contribution in [0.5, 0.6) is 0 Å². The van der Waals surface area contributed by atoms with E-state index >= 15 is 0 Å². The molecule has 0 saturated heterocycles. The van der Waals surface area contributed by atoms with Crippen molar-refractivity contribution in [1.82, 2.24) is 0 Å². The van der Waals surface area contributed by atoms with Crippen molar-refractivity contribution in [3.8, 4) is 0 Å². The second kappa shape index (κ2) is 11.5. The molecule has 2 aliphatic rings. The summed E-state index contributed by atoms with van der Waals surface area (Å²) in [5.74, 6) is 0.604. The van der Waals surface area contributed by atoms with Crippen molar-refractivity contribution in [3.05, 3.63) is 36.0 Å². The van der Waals surface area contributed by atoms with Gasteiger partial charge in [0.25, 0.3) is 0 Å². The Morgan fingerprint density at radius 2 is 1.90 bits per heavy atom. The van der Waals surface area contributed by atoms with E-state index in [0.717, 1.165) is 25.7 Å². The van der Waals surface area contributed by atoms with Gasteiger partial charge in [0.2, 0.25) is 0 Å². The van der Waals surface area contributed by atoms with Crippen LogP contribution in [0.15, 0.2) is 36.0 Å². The van der Waals surface area contributed by atoms with Crippen LogP contribution in [0.1, 0.15) is 93.4 Å². The maximum Gasteiger partial charge on any atom is 0.332 e. The van der Waals surface area contributed by atoms with E-state index in [1.807, 2.05) is 6.92 Å². The first-order valence-electron chi connectivity index (χ1n) is 12.4. The molecule has 0 N–H and O–H groups in total. The van der Waals surface area contributed by atoms with Gasteiger partial charge in [0.05, 0.1) is 6.10 Å². The van der Waals surface area contributed by atoms with Crippen molar-refractivity contribution in [1.29, 1.82) is 0 Å². The molecule has 4 atom stereocenters. The van der Waals surface area contributed by atoms with Crippen LogP contribution in [0.25, 0.3) is 0 Å². The van der Waals surface area contributed by atoms with Crippen LogP contribution in [0.2, 0.25) is 0 Å². The number of allylic oxidation sites excluding steroid dienone is 3. The lowest BCUT2D eigenvalue weighted by molar-refractivity contribution is -0.156. The van der Waals surface area contributed by atoms with Gasteiger partial charge in [-0.25, -0.2) is 4.79 Å². The highest BCUT2D eigenvalue weighted by Gasteiger charge is 2.34. The SMILES string of the molecule is CCC(C)(C)CC(C1=CCC(OCC(=O)OC(C)C2C=CCCC2)C=C1)C(C)(C)CC. The van der Waals surface area contributed by atoms with E-state index in [1.54, 1.807) is 0 Å². The summed E-state index contributed by atoms with van der Waals surface area (Å²) in [6.45, 7) is 16.1. The predicted molar refractivity (Wildman–Crippen MR) is 130 cm³/mol. The summed E-state index contributed by atoms with van der Waals surface area (Å²) in [4.78, 5) is 12.3. The lowest BCUT2D eigenvalue weighted by Crippen LogP contribution is -2.31. The number of rotatable bonds is 11. The van der Waals surface area contributed by atoms with Gasteiger partial charge in [0.15, 0.2) is 0 Å². The zero-order chi connectivity index (χ0) is 23.1. The summed E-state index contributed by atoms with van der Waals surface area (Å²) in [6, 6.07) is 0. The number of ether oxygens (including phenoxy) is 2. The van der Waals surface area contributed by atoms with Gasteiger partial charge in [0, 0.05) is 5.92 Å². The molecule has 176 valence electrons. The summed E-state index contributed by atoms with van der Waals surface area (Å²) in [5, 5.41) is 0. The Morgan fingerprint density at radius 3 is 2.45 bits per heavy atom. The third kappa shape index (κ3) is 7.93. The van der Waals surface area contributed by atoms with Gasteiger partial charge >= 0.3 is 5.97 Å². The molecule has 0 radical (unpaired) electrons. The Kier molecular flexibility index (Phi) is 9.61. The Hall–Kier alpha value is -1.35. The largest absolute Gasteiger partial charge is 0.460 e. The average Bonchev–Trinajstić information content (AvgIpc) is 2.77. The molecule has 0 spiro atoms. The summed E-state index contributed by atoms with van der Waals surface area (Å²) >= 11 is 0. The monoisotopic (exact) mass is 430 g/mol. The molecule has 0 aromatic rings. The van der Waals surface area contributed by atoms with E-state index in [9.17, 15) is 4.79 Å². The number of hydrogen-bond donors (Lipinski definition) is 0. The van der Waals surface area contributed by atoms with Crippen LogP contribution in [0.4, 0.5) is 0 Å². The van der Waals surface area contributed by atoms with Crippen LogP contribution >= 0.6 is 0 Å². The molecule has 0 aromatic heterocycles.